The van der Waals surface area contributed by atoms with Crippen LogP contribution in [0.15, 0.2) is 34.4 Å². The van der Waals surface area contributed by atoms with Crippen LogP contribution < -0.4 is 5.32 Å². The fourth-order valence-corrected chi connectivity index (χ4v) is 3.10. The van der Waals surface area contributed by atoms with Gasteiger partial charge in [-0.15, -0.1) is 11.3 Å². The van der Waals surface area contributed by atoms with Crippen LogP contribution in [0.5, 0.6) is 0 Å². The van der Waals surface area contributed by atoms with E-state index in [0.29, 0.717) is 6.04 Å². The van der Waals surface area contributed by atoms with Crippen molar-refractivity contribution in [1.82, 2.24) is 15.1 Å². The largest absolute Gasteiger partial charge is 0.309 e. The maximum Gasteiger partial charge on any atom is 0.0701 e. The molecule has 0 aliphatic carbocycles. The Morgan fingerprint density at radius 2 is 2.41 bits per heavy atom. The molecule has 2 rings (SSSR count). The van der Waals surface area contributed by atoms with E-state index in [1.165, 1.54) is 8.66 Å². The van der Waals surface area contributed by atoms with E-state index in [4.69, 9.17) is 0 Å². The van der Waals surface area contributed by atoms with Crippen LogP contribution in [0.1, 0.15) is 24.3 Å². The molecule has 0 spiro atoms. The van der Waals surface area contributed by atoms with E-state index in [1.54, 1.807) is 11.3 Å². The van der Waals surface area contributed by atoms with Crippen LogP contribution in [-0.4, -0.2) is 16.3 Å². The third kappa shape index (κ3) is 3.94. The van der Waals surface area contributed by atoms with Gasteiger partial charge in [0, 0.05) is 29.9 Å². The molecule has 17 heavy (non-hydrogen) atoms. The Labute approximate surface area is 114 Å². The average molecular weight is 314 g/mol. The topological polar surface area (TPSA) is 29.9 Å². The second-order valence-electron chi connectivity index (χ2n) is 3.94. The highest BCUT2D eigenvalue weighted by Gasteiger charge is 2.06. The van der Waals surface area contributed by atoms with E-state index in [2.05, 4.69) is 45.4 Å². The molecule has 0 amide bonds. The normalized spacial score (nSPS) is 12.8. The Kier molecular flexibility index (Phi) is 4.76. The van der Waals surface area contributed by atoms with E-state index in [-0.39, 0.29) is 0 Å². The molecule has 0 fully saturated rings. The first-order chi connectivity index (χ1) is 8.25. The van der Waals surface area contributed by atoms with Gasteiger partial charge in [-0.2, -0.15) is 5.10 Å². The molecule has 0 bridgehead atoms. The van der Waals surface area contributed by atoms with Gasteiger partial charge in [0.25, 0.3) is 0 Å². The molecule has 2 heterocycles. The second kappa shape index (κ2) is 6.33. The first kappa shape index (κ1) is 12.8. The standard InChI is InChI=1S/C12H16BrN3S/c1-10(11-4-5-12(13)17-11)14-6-2-8-16-9-3-7-15-16/h3-5,7,9-10,14H,2,6,8H2,1H3. The molecule has 1 N–H and O–H groups in total. The zero-order valence-electron chi connectivity index (χ0n) is 9.77. The summed E-state index contributed by atoms with van der Waals surface area (Å²) < 4.78 is 3.16. The van der Waals surface area contributed by atoms with Crippen molar-refractivity contribution >= 4 is 27.3 Å². The van der Waals surface area contributed by atoms with Gasteiger partial charge in [-0.25, -0.2) is 0 Å². The average Bonchev–Trinajstić information content (AvgIpc) is 2.95. The Morgan fingerprint density at radius 1 is 1.53 bits per heavy atom. The lowest BCUT2D eigenvalue weighted by Gasteiger charge is -2.11. The lowest BCUT2D eigenvalue weighted by Crippen LogP contribution is -2.20. The number of nitrogens with zero attached hydrogens (tertiary/aromatic N) is 2. The van der Waals surface area contributed by atoms with E-state index in [9.17, 15) is 0 Å². The molecule has 1 atom stereocenters. The molecule has 0 radical (unpaired) electrons. The summed E-state index contributed by atoms with van der Waals surface area (Å²) in [6, 6.07) is 6.64. The van der Waals surface area contributed by atoms with Gasteiger partial charge in [-0.05, 0) is 54.0 Å². The number of halogens is 1. The molecule has 2 aromatic heterocycles. The van der Waals surface area contributed by atoms with E-state index in [1.807, 2.05) is 23.1 Å². The molecular formula is C12H16BrN3S. The zero-order valence-corrected chi connectivity index (χ0v) is 12.2. The van der Waals surface area contributed by atoms with Crippen LogP contribution in [0.3, 0.4) is 0 Å². The number of hydrogen-bond acceptors (Lipinski definition) is 3. The smallest absolute Gasteiger partial charge is 0.0701 e. The van der Waals surface area contributed by atoms with Gasteiger partial charge in [-0.1, -0.05) is 0 Å². The molecule has 0 aromatic carbocycles. The van der Waals surface area contributed by atoms with Gasteiger partial charge >= 0.3 is 0 Å². The van der Waals surface area contributed by atoms with Crippen molar-refractivity contribution < 1.29 is 0 Å². The number of aryl methyl sites for hydroxylation is 1. The van der Waals surface area contributed by atoms with Crippen LogP contribution in [-0.2, 0) is 6.54 Å². The fourth-order valence-electron chi connectivity index (χ4n) is 1.65. The quantitative estimate of drug-likeness (QED) is 0.828. The summed E-state index contributed by atoms with van der Waals surface area (Å²) in [5.74, 6) is 0. The SMILES string of the molecule is CC(NCCCn1cccn1)c1ccc(Br)s1. The molecule has 0 aliphatic heterocycles. The van der Waals surface area contributed by atoms with E-state index >= 15 is 0 Å². The summed E-state index contributed by atoms with van der Waals surface area (Å²) >= 11 is 5.28. The lowest BCUT2D eigenvalue weighted by molar-refractivity contribution is 0.510. The van der Waals surface area contributed by atoms with Crippen molar-refractivity contribution in [2.75, 3.05) is 6.54 Å². The Morgan fingerprint density at radius 3 is 3.06 bits per heavy atom. The Balaban J connectivity index is 1.68. The molecule has 0 aliphatic rings. The minimum Gasteiger partial charge on any atom is -0.309 e. The number of hydrogen-bond donors (Lipinski definition) is 1. The summed E-state index contributed by atoms with van der Waals surface area (Å²) in [6.07, 6.45) is 4.91. The molecule has 5 heteroatoms. The van der Waals surface area contributed by atoms with Gasteiger partial charge in [-0.3, -0.25) is 4.68 Å². The summed E-state index contributed by atoms with van der Waals surface area (Å²) in [4.78, 5) is 1.37. The minimum absolute atomic E-state index is 0.420. The zero-order chi connectivity index (χ0) is 12.1. The summed E-state index contributed by atoms with van der Waals surface area (Å²) in [6.45, 7) is 4.18. The Bertz CT molecular complexity index is 438. The summed E-state index contributed by atoms with van der Waals surface area (Å²) in [7, 11) is 0. The van der Waals surface area contributed by atoms with E-state index < -0.39 is 0 Å². The summed E-state index contributed by atoms with van der Waals surface area (Å²) in [5.41, 5.74) is 0. The van der Waals surface area contributed by atoms with Gasteiger partial charge in [0.15, 0.2) is 0 Å². The van der Waals surface area contributed by atoms with Crippen molar-refractivity contribution in [1.29, 1.82) is 0 Å². The predicted molar refractivity (Wildman–Crippen MR) is 75.3 cm³/mol. The van der Waals surface area contributed by atoms with Gasteiger partial charge < -0.3 is 5.32 Å². The van der Waals surface area contributed by atoms with Crippen molar-refractivity contribution in [3.05, 3.63) is 39.3 Å². The molecule has 1 unspecified atom stereocenters. The van der Waals surface area contributed by atoms with Gasteiger partial charge in [0.1, 0.15) is 0 Å². The second-order valence-corrected chi connectivity index (χ2v) is 6.43. The third-order valence-corrected chi connectivity index (χ3v) is 4.40. The molecule has 92 valence electrons. The van der Waals surface area contributed by atoms with Crippen molar-refractivity contribution in [3.8, 4) is 0 Å². The maximum atomic E-state index is 4.18. The van der Waals surface area contributed by atoms with Crippen LogP contribution in [0, 0.1) is 0 Å². The lowest BCUT2D eigenvalue weighted by atomic mass is 10.2. The first-order valence-corrected chi connectivity index (χ1v) is 7.32. The van der Waals surface area contributed by atoms with Crippen molar-refractivity contribution in [2.45, 2.75) is 25.9 Å². The Hall–Kier alpha value is -0.650. The van der Waals surface area contributed by atoms with Crippen LogP contribution in [0.25, 0.3) is 0 Å². The van der Waals surface area contributed by atoms with Crippen LogP contribution in [0.2, 0.25) is 0 Å². The summed E-state index contributed by atoms with van der Waals surface area (Å²) in [5, 5.41) is 7.70. The predicted octanol–water partition coefficient (Wildman–Crippen LogP) is 3.45. The maximum absolute atomic E-state index is 4.18. The number of thiophene rings is 1. The fraction of sp³-hybridized carbons (Fsp3) is 0.417. The first-order valence-electron chi connectivity index (χ1n) is 5.72. The third-order valence-electron chi connectivity index (χ3n) is 2.59. The van der Waals surface area contributed by atoms with Crippen molar-refractivity contribution in [3.63, 3.8) is 0 Å². The van der Waals surface area contributed by atoms with Crippen LogP contribution in [0.4, 0.5) is 0 Å². The molecule has 3 nitrogen and oxygen atoms in total. The molecular weight excluding hydrogens is 298 g/mol. The van der Waals surface area contributed by atoms with Gasteiger partial charge in [0.05, 0.1) is 3.79 Å². The van der Waals surface area contributed by atoms with Gasteiger partial charge in [0.2, 0.25) is 0 Å². The van der Waals surface area contributed by atoms with Crippen LogP contribution >= 0.6 is 27.3 Å². The highest BCUT2D eigenvalue weighted by Crippen LogP contribution is 2.26. The number of rotatable bonds is 6. The highest BCUT2D eigenvalue weighted by molar-refractivity contribution is 9.11. The monoisotopic (exact) mass is 313 g/mol. The van der Waals surface area contributed by atoms with Crippen molar-refractivity contribution in [2.24, 2.45) is 0 Å². The molecule has 0 saturated carbocycles. The minimum atomic E-state index is 0.420. The molecule has 2 aromatic rings. The number of aromatic nitrogens is 2. The van der Waals surface area contributed by atoms with E-state index in [0.717, 1.165) is 19.5 Å². The molecule has 0 saturated heterocycles. The number of nitrogens with one attached hydrogen (secondary N) is 1. The highest BCUT2D eigenvalue weighted by atomic mass is 79.9.